The summed E-state index contributed by atoms with van der Waals surface area (Å²) in [7, 11) is 0. The van der Waals surface area contributed by atoms with Crippen LogP contribution in [-0.2, 0) is 9.59 Å². The Bertz CT molecular complexity index is 156. The fraction of sp³-hybridized carbons (Fsp3) is 0.714. The summed E-state index contributed by atoms with van der Waals surface area (Å²) in [6.07, 6.45) is 0.222. The summed E-state index contributed by atoms with van der Waals surface area (Å²) in [5.41, 5.74) is -1.58. The summed E-state index contributed by atoms with van der Waals surface area (Å²) in [4.78, 5) is 19.1. The second-order valence-corrected chi connectivity index (χ2v) is 2.61. The van der Waals surface area contributed by atoms with Crippen LogP contribution in [0.5, 0.6) is 0 Å². The van der Waals surface area contributed by atoms with Crippen molar-refractivity contribution in [1.29, 1.82) is 0 Å². The minimum absolute atomic E-state index is 0.222. The SMILES string of the molecule is CC(C)(O)C(=O)O.CCC(=O)O. The van der Waals surface area contributed by atoms with Gasteiger partial charge < -0.3 is 15.3 Å². The van der Waals surface area contributed by atoms with Gasteiger partial charge in [-0.2, -0.15) is 0 Å². The van der Waals surface area contributed by atoms with E-state index in [2.05, 4.69) is 0 Å². The Hall–Kier alpha value is -1.10. The quantitative estimate of drug-likeness (QED) is 0.566. The van der Waals surface area contributed by atoms with Crippen molar-refractivity contribution in [3.63, 3.8) is 0 Å². The Morgan fingerprint density at radius 2 is 1.42 bits per heavy atom. The number of hydrogen-bond donors (Lipinski definition) is 3. The van der Waals surface area contributed by atoms with E-state index in [-0.39, 0.29) is 6.42 Å². The first-order chi connectivity index (χ1) is 5.21. The minimum atomic E-state index is -1.58. The molecule has 5 heteroatoms. The molecule has 0 radical (unpaired) electrons. The highest BCUT2D eigenvalue weighted by Crippen LogP contribution is 1.97. The molecular weight excluding hydrogens is 164 g/mol. The van der Waals surface area contributed by atoms with E-state index in [0.717, 1.165) is 0 Å². The molecule has 0 spiro atoms. The van der Waals surface area contributed by atoms with Gasteiger partial charge in [0.1, 0.15) is 0 Å². The average Bonchev–Trinajstić information content (AvgIpc) is 1.87. The van der Waals surface area contributed by atoms with Gasteiger partial charge in [-0.25, -0.2) is 4.79 Å². The second-order valence-electron chi connectivity index (χ2n) is 2.61. The molecule has 0 saturated heterocycles. The van der Waals surface area contributed by atoms with Gasteiger partial charge >= 0.3 is 11.9 Å². The molecule has 0 aromatic heterocycles. The van der Waals surface area contributed by atoms with Gasteiger partial charge in [-0.15, -0.1) is 0 Å². The molecule has 5 nitrogen and oxygen atoms in total. The third kappa shape index (κ3) is 11.7. The van der Waals surface area contributed by atoms with Crippen molar-refractivity contribution < 1.29 is 24.9 Å². The number of aliphatic carboxylic acids is 2. The van der Waals surface area contributed by atoms with Crippen molar-refractivity contribution in [2.24, 2.45) is 0 Å². The zero-order valence-corrected chi connectivity index (χ0v) is 7.37. The summed E-state index contributed by atoms with van der Waals surface area (Å²) in [5, 5.41) is 24.2. The van der Waals surface area contributed by atoms with Gasteiger partial charge in [0.05, 0.1) is 0 Å². The van der Waals surface area contributed by atoms with Crippen molar-refractivity contribution in [3.05, 3.63) is 0 Å². The molecular formula is C7H14O5. The molecule has 0 heterocycles. The minimum Gasteiger partial charge on any atom is -0.481 e. The van der Waals surface area contributed by atoms with Crippen LogP contribution in [0.4, 0.5) is 0 Å². The number of rotatable bonds is 2. The maximum atomic E-state index is 9.77. The van der Waals surface area contributed by atoms with Gasteiger partial charge in [-0.1, -0.05) is 6.92 Å². The zero-order valence-electron chi connectivity index (χ0n) is 7.37. The lowest BCUT2D eigenvalue weighted by atomic mass is 10.1. The summed E-state index contributed by atoms with van der Waals surface area (Å²) in [6.45, 7) is 4.03. The Morgan fingerprint density at radius 1 is 1.25 bits per heavy atom. The largest absolute Gasteiger partial charge is 0.481 e. The van der Waals surface area contributed by atoms with Crippen LogP contribution in [0.25, 0.3) is 0 Å². The van der Waals surface area contributed by atoms with Gasteiger partial charge in [-0.05, 0) is 13.8 Å². The normalized spacial score (nSPS) is 9.67. The van der Waals surface area contributed by atoms with E-state index >= 15 is 0 Å². The van der Waals surface area contributed by atoms with Crippen molar-refractivity contribution in [1.82, 2.24) is 0 Å². The first-order valence-electron chi connectivity index (χ1n) is 3.39. The van der Waals surface area contributed by atoms with Crippen LogP contribution in [0.15, 0.2) is 0 Å². The van der Waals surface area contributed by atoms with Gasteiger partial charge in [-0.3, -0.25) is 4.79 Å². The fourth-order valence-corrected chi connectivity index (χ4v) is 0. The lowest BCUT2D eigenvalue weighted by molar-refractivity contribution is -0.154. The van der Waals surface area contributed by atoms with Crippen LogP contribution < -0.4 is 0 Å². The highest BCUT2D eigenvalue weighted by molar-refractivity contribution is 5.75. The van der Waals surface area contributed by atoms with Gasteiger partial charge in [0.25, 0.3) is 0 Å². The van der Waals surface area contributed by atoms with E-state index < -0.39 is 17.5 Å². The predicted octanol–water partition coefficient (Wildman–Crippen LogP) is 0.323. The second kappa shape index (κ2) is 5.54. The number of hydrogen-bond acceptors (Lipinski definition) is 3. The Morgan fingerprint density at radius 3 is 1.42 bits per heavy atom. The fourth-order valence-electron chi connectivity index (χ4n) is 0. The summed E-state index contributed by atoms with van der Waals surface area (Å²) in [6, 6.07) is 0. The zero-order chi connectivity index (χ0) is 10.4. The lowest BCUT2D eigenvalue weighted by Crippen LogP contribution is -2.30. The summed E-state index contributed by atoms with van der Waals surface area (Å²) < 4.78 is 0. The maximum absolute atomic E-state index is 9.77. The molecule has 0 atom stereocenters. The molecule has 0 aliphatic carbocycles. The average molecular weight is 178 g/mol. The molecule has 0 fully saturated rings. The number of carbonyl (C=O) groups is 2. The van der Waals surface area contributed by atoms with Crippen LogP contribution >= 0.6 is 0 Å². The molecule has 0 unspecified atom stereocenters. The van der Waals surface area contributed by atoms with Crippen LogP contribution in [0.2, 0.25) is 0 Å². The van der Waals surface area contributed by atoms with Gasteiger partial charge in [0.15, 0.2) is 5.60 Å². The first kappa shape index (κ1) is 13.5. The number of carboxylic acids is 2. The van der Waals surface area contributed by atoms with Crippen molar-refractivity contribution in [2.75, 3.05) is 0 Å². The van der Waals surface area contributed by atoms with E-state index in [0.29, 0.717) is 0 Å². The van der Waals surface area contributed by atoms with E-state index in [9.17, 15) is 9.59 Å². The van der Waals surface area contributed by atoms with Gasteiger partial charge in [0, 0.05) is 6.42 Å². The van der Waals surface area contributed by atoms with Crippen LogP contribution in [0.1, 0.15) is 27.2 Å². The van der Waals surface area contributed by atoms with Crippen molar-refractivity contribution in [3.8, 4) is 0 Å². The molecule has 0 saturated carbocycles. The molecule has 0 rings (SSSR count). The predicted molar refractivity (Wildman–Crippen MR) is 41.9 cm³/mol. The molecule has 3 N–H and O–H groups in total. The third-order valence-electron chi connectivity index (χ3n) is 0.826. The Balaban J connectivity index is 0. The molecule has 0 aromatic carbocycles. The molecule has 72 valence electrons. The highest BCUT2D eigenvalue weighted by atomic mass is 16.4. The molecule has 0 amide bonds. The van der Waals surface area contributed by atoms with E-state index in [1.165, 1.54) is 13.8 Å². The van der Waals surface area contributed by atoms with Crippen LogP contribution in [-0.4, -0.2) is 32.9 Å². The molecule has 0 aliphatic rings. The molecule has 0 aromatic rings. The Labute approximate surface area is 70.6 Å². The molecule has 0 aliphatic heterocycles. The van der Waals surface area contributed by atoms with E-state index in [4.69, 9.17) is 15.3 Å². The number of carboxylic acid groups (broad SMARTS) is 2. The van der Waals surface area contributed by atoms with Crippen LogP contribution in [0.3, 0.4) is 0 Å². The summed E-state index contributed by atoms with van der Waals surface area (Å²) in [5.74, 6) is -1.95. The Kier molecular flexibility index (Phi) is 6.22. The summed E-state index contributed by atoms with van der Waals surface area (Å²) >= 11 is 0. The smallest absolute Gasteiger partial charge is 0.335 e. The lowest BCUT2D eigenvalue weighted by Gasteiger charge is -2.07. The molecule has 0 bridgehead atoms. The third-order valence-corrected chi connectivity index (χ3v) is 0.826. The van der Waals surface area contributed by atoms with Crippen LogP contribution in [0, 0.1) is 0 Å². The maximum Gasteiger partial charge on any atom is 0.335 e. The first-order valence-corrected chi connectivity index (χ1v) is 3.39. The van der Waals surface area contributed by atoms with Gasteiger partial charge in [0.2, 0.25) is 0 Å². The monoisotopic (exact) mass is 178 g/mol. The molecule has 12 heavy (non-hydrogen) atoms. The standard InChI is InChI=1S/C4H8O3.C3H6O2/c1-4(2,7)3(5)6;1-2-3(4)5/h7H,1-2H3,(H,5,6);2H2,1H3,(H,4,5). The van der Waals surface area contributed by atoms with E-state index in [1.807, 2.05) is 0 Å². The van der Waals surface area contributed by atoms with Crippen molar-refractivity contribution in [2.45, 2.75) is 32.8 Å². The van der Waals surface area contributed by atoms with E-state index in [1.54, 1.807) is 6.92 Å². The highest BCUT2D eigenvalue weighted by Gasteiger charge is 2.21. The topological polar surface area (TPSA) is 94.8 Å². The number of aliphatic hydroxyl groups is 1. The van der Waals surface area contributed by atoms with Crippen molar-refractivity contribution >= 4 is 11.9 Å².